The number of hydrogen-bond donors (Lipinski definition) is 1. The molecule has 2 heterocycles. The number of anilines is 2. The molecule has 0 saturated carbocycles. The van der Waals surface area contributed by atoms with Crippen molar-refractivity contribution in [1.82, 2.24) is 0 Å². The third kappa shape index (κ3) is 2.22. The summed E-state index contributed by atoms with van der Waals surface area (Å²) in [5, 5.41) is 2.89. The molecule has 25 heavy (non-hydrogen) atoms. The smallest absolute Gasteiger partial charge is 0.236 e. The molecule has 0 aliphatic carbocycles. The van der Waals surface area contributed by atoms with Crippen LogP contribution in [0.15, 0.2) is 42.5 Å². The number of piperidine rings is 1. The van der Waals surface area contributed by atoms with E-state index >= 15 is 0 Å². The lowest BCUT2D eigenvalue weighted by molar-refractivity contribution is -0.125. The van der Waals surface area contributed by atoms with Gasteiger partial charge >= 0.3 is 0 Å². The van der Waals surface area contributed by atoms with E-state index in [0.717, 1.165) is 11.3 Å². The second-order valence-corrected chi connectivity index (χ2v) is 6.37. The maximum absolute atomic E-state index is 13.8. The first-order chi connectivity index (χ1) is 12.0. The molecule has 2 aliphatic heterocycles. The Morgan fingerprint density at radius 2 is 2.00 bits per heavy atom. The van der Waals surface area contributed by atoms with Gasteiger partial charge in [0.15, 0.2) is 0 Å². The summed E-state index contributed by atoms with van der Waals surface area (Å²) in [7, 11) is 0. The largest absolute Gasteiger partial charge is 0.325 e. The fourth-order valence-electron chi connectivity index (χ4n) is 3.74. The fraction of sp³-hybridized carbons (Fsp3) is 0.200. The monoisotopic (exact) mass is 334 g/mol. The van der Waals surface area contributed by atoms with E-state index < -0.39 is 11.2 Å². The minimum Gasteiger partial charge on any atom is -0.325 e. The Balaban J connectivity index is 1.82. The summed E-state index contributed by atoms with van der Waals surface area (Å²) in [5.74, 6) is 1.72. The van der Waals surface area contributed by atoms with Gasteiger partial charge in [0, 0.05) is 24.2 Å². The van der Waals surface area contributed by atoms with E-state index in [0.29, 0.717) is 17.7 Å². The number of amides is 2. The predicted molar refractivity (Wildman–Crippen MR) is 92.7 cm³/mol. The second kappa shape index (κ2) is 5.45. The molecule has 1 spiro atoms. The van der Waals surface area contributed by atoms with Gasteiger partial charge in [-0.15, -0.1) is 6.42 Å². The number of carbonyl (C=O) groups is 2. The van der Waals surface area contributed by atoms with Crippen LogP contribution >= 0.6 is 0 Å². The number of hydrogen-bond acceptors (Lipinski definition) is 2. The SMILES string of the molecule is C#Cc1ccc(F)cc1N1CC2(CCC1=O)C(=O)Nc1ccccc12. The number of nitrogens with one attached hydrogen (secondary N) is 1. The molecule has 124 valence electrons. The van der Waals surface area contributed by atoms with Gasteiger partial charge in [-0.1, -0.05) is 24.1 Å². The average molecular weight is 334 g/mol. The number of para-hydroxylation sites is 1. The van der Waals surface area contributed by atoms with Crippen molar-refractivity contribution >= 4 is 23.2 Å². The van der Waals surface area contributed by atoms with Crippen molar-refractivity contribution in [2.75, 3.05) is 16.8 Å². The highest BCUT2D eigenvalue weighted by atomic mass is 19.1. The Bertz CT molecular complexity index is 947. The normalized spacial score (nSPS) is 21.8. The van der Waals surface area contributed by atoms with Gasteiger partial charge in [-0.05, 0) is 36.2 Å². The first-order valence-corrected chi connectivity index (χ1v) is 8.03. The van der Waals surface area contributed by atoms with Crippen molar-refractivity contribution in [3.05, 3.63) is 59.4 Å². The zero-order valence-electron chi connectivity index (χ0n) is 13.4. The van der Waals surface area contributed by atoms with Crippen LogP contribution in [0.2, 0.25) is 0 Å². The molecule has 1 fully saturated rings. The van der Waals surface area contributed by atoms with Crippen molar-refractivity contribution in [2.24, 2.45) is 0 Å². The Labute approximate surface area is 144 Å². The van der Waals surface area contributed by atoms with E-state index in [1.807, 2.05) is 24.3 Å². The zero-order valence-corrected chi connectivity index (χ0v) is 13.4. The maximum atomic E-state index is 13.8. The minimum absolute atomic E-state index is 0.134. The van der Waals surface area contributed by atoms with Gasteiger partial charge in [0.1, 0.15) is 5.82 Å². The van der Waals surface area contributed by atoms with Gasteiger partial charge in [0.2, 0.25) is 11.8 Å². The van der Waals surface area contributed by atoms with Crippen LogP contribution in [0.1, 0.15) is 24.0 Å². The lowest BCUT2D eigenvalue weighted by atomic mass is 9.74. The minimum atomic E-state index is -0.831. The molecule has 1 N–H and O–H groups in total. The molecular weight excluding hydrogens is 319 g/mol. The molecule has 2 aromatic rings. The maximum Gasteiger partial charge on any atom is 0.236 e. The molecule has 0 bridgehead atoms. The van der Waals surface area contributed by atoms with Gasteiger partial charge in [-0.25, -0.2) is 4.39 Å². The third-order valence-electron chi connectivity index (χ3n) is 5.03. The Morgan fingerprint density at radius 1 is 1.20 bits per heavy atom. The Kier molecular flexibility index (Phi) is 3.36. The van der Waals surface area contributed by atoms with E-state index in [1.54, 1.807) is 0 Å². The number of carbonyl (C=O) groups excluding carboxylic acids is 2. The van der Waals surface area contributed by atoms with Crippen LogP contribution in [-0.4, -0.2) is 18.4 Å². The summed E-state index contributed by atoms with van der Waals surface area (Å²) in [6.45, 7) is 0.146. The molecular formula is C20H15FN2O2. The summed E-state index contributed by atoms with van der Waals surface area (Å²) in [6.07, 6.45) is 6.13. The molecule has 0 radical (unpaired) electrons. The predicted octanol–water partition coefficient (Wildman–Crippen LogP) is 2.82. The molecule has 4 nitrogen and oxygen atoms in total. The van der Waals surface area contributed by atoms with Crippen molar-refractivity contribution in [2.45, 2.75) is 18.3 Å². The van der Waals surface area contributed by atoms with Crippen molar-refractivity contribution in [3.8, 4) is 12.3 Å². The standard InChI is InChI=1S/C20H15FN2O2/c1-2-13-7-8-14(21)11-17(13)23-12-20(10-9-18(23)24)15-5-3-4-6-16(15)22-19(20)25/h1,3-8,11H,9-10,12H2,(H,22,25). The van der Waals surface area contributed by atoms with E-state index in [-0.39, 0.29) is 24.8 Å². The van der Waals surface area contributed by atoms with Gasteiger partial charge in [0.05, 0.1) is 11.1 Å². The van der Waals surface area contributed by atoms with Gasteiger partial charge in [-0.2, -0.15) is 0 Å². The molecule has 1 unspecified atom stereocenters. The summed E-state index contributed by atoms with van der Waals surface area (Å²) >= 11 is 0. The van der Waals surface area contributed by atoms with Crippen LogP contribution in [0.25, 0.3) is 0 Å². The lowest BCUT2D eigenvalue weighted by Gasteiger charge is -2.39. The van der Waals surface area contributed by atoms with Gasteiger partial charge < -0.3 is 10.2 Å². The van der Waals surface area contributed by atoms with Crippen molar-refractivity contribution in [3.63, 3.8) is 0 Å². The topological polar surface area (TPSA) is 49.4 Å². The van der Waals surface area contributed by atoms with Crippen LogP contribution in [0.4, 0.5) is 15.8 Å². The van der Waals surface area contributed by atoms with Crippen LogP contribution in [-0.2, 0) is 15.0 Å². The number of benzene rings is 2. The highest BCUT2D eigenvalue weighted by Gasteiger charge is 2.51. The third-order valence-corrected chi connectivity index (χ3v) is 5.03. The zero-order chi connectivity index (χ0) is 17.6. The lowest BCUT2D eigenvalue weighted by Crippen LogP contribution is -2.52. The molecule has 5 heteroatoms. The number of rotatable bonds is 1. The highest BCUT2D eigenvalue weighted by molar-refractivity contribution is 6.09. The van der Waals surface area contributed by atoms with Crippen LogP contribution < -0.4 is 10.2 Å². The molecule has 2 aliphatic rings. The van der Waals surface area contributed by atoms with Crippen LogP contribution in [0.3, 0.4) is 0 Å². The summed E-state index contributed by atoms with van der Waals surface area (Å²) < 4.78 is 13.8. The second-order valence-electron chi connectivity index (χ2n) is 6.37. The van der Waals surface area contributed by atoms with Crippen molar-refractivity contribution in [1.29, 1.82) is 0 Å². The molecule has 4 rings (SSSR count). The highest BCUT2D eigenvalue weighted by Crippen LogP contribution is 2.45. The van der Waals surface area contributed by atoms with E-state index in [2.05, 4.69) is 11.2 Å². The van der Waals surface area contributed by atoms with Crippen molar-refractivity contribution < 1.29 is 14.0 Å². The van der Waals surface area contributed by atoms with E-state index in [9.17, 15) is 14.0 Å². The quantitative estimate of drug-likeness (QED) is 0.815. The molecule has 2 aromatic carbocycles. The van der Waals surface area contributed by atoms with Crippen LogP contribution in [0.5, 0.6) is 0 Å². The number of halogens is 1. The molecule has 2 amide bonds. The molecule has 1 atom stereocenters. The van der Waals surface area contributed by atoms with E-state index in [4.69, 9.17) is 6.42 Å². The number of nitrogens with zero attached hydrogens (tertiary/aromatic N) is 1. The Hall–Kier alpha value is -3.13. The van der Waals surface area contributed by atoms with E-state index in [1.165, 1.54) is 23.1 Å². The van der Waals surface area contributed by atoms with Gasteiger partial charge in [0.25, 0.3) is 0 Å². The summed E-state index contributed by atoms with van der Waals surface area (Å²) in [6, 6.07) is 11.5. The Morgan fingerprint density at radius 3 is 2.80 bits per heavy atom. The number of fused-ring (bicyclic) bond motifs is 2. The summed E-state index contributed by atoms with van der Waals surface area (Å²) in [4.78, 5) is 26.7. The summed E-state index contributed by atoms with van der Waals surface area (Å²) in [5.41, 5.74) is 1.57. The average Bonchev–Trinajstić information content (AvgIpc) is 2.89. The van der Waals surface area contributed by atoms with Crippen LogP contribution in [0, 0.1) is 18.2 Å². The molecule has 0 aromatic heterocycles. The fourth-order valence-corrected chi connectivity index (χ4v) is 3.74. The first kappa shape index (κ1) is 15.4. The number of terminal acetylenes is 1. The molecule has 1 saturated heterocycles. The van der Waals surface area contributed by atoms with Gasteiger partial charge in [-0.3, -0.25) is 9.59 Å². The first-order valence-electron chi connectivity index (χ1n) is 8.03.